The Labute approximate surface area is 111 Å². The van der Waals surface area contributed by atoms with E-state index in [1.165, 1.54) is 0 Å². The van der Waals surface area contributed by atoms with Gasteiger partial charge in [0, 0.05) is 6.54 Å². The number of hydrogen-bond acceptors (Lipinski definition) is 2. The molecule has 3 N–H and O–H groups in total. The number of halogens is 1. The molecule has 0 aliphatic carbocycles. The minimum atomic E-state index is -0.147. The molecule has 0 atom stereocenters. The zero-order valence-corrected chi connectivity index (χ0v) is 11.0. The lowest BCUT2D eigenvalue weighted by Crippen LogP contribution is -2.24. The van der Waals surface area contributed by atoms with Gasteiger partial charge < -0.3 is 11.1 Å². The van der Waals surface area contributed by atoms with Crippen molar-refractivity contribution in [1.29, 1.82) is 0 Å². The van der Waals surface area contributed by atoms with Crippen LogP contribution in [0, 0.1) is 0 Å². The first-order valence-electron chi connectivity index (χ1n) is 5.42. The van der Waals surface area contributed by atoms with Crippen molar-refractivity contribution in [3.8, 4) is 0 Å². The number of amides is 1. The minimum Gasteiger partial charge on any atom is -0.393 e. The van der Waals surface area contributed by atoms with Crippen LogP contribution in [-0.2, 0) is 0 Å². The van der Waals surface area contributed by atoms with Gasteiger partial charge in [-0.15, -0.1) is 0 Å². The lowest BCUT2D eigenvalue weighted by molar-refractivity contribution is 0.0953. The van der Waals surface area contributed by atoms with E-state index in [1.54, 1.807) is 24.3 Å². The SMILES string of the molecule is NC(=S)CCCCNC(=O)c1ccccc1Cl. The van der Waals surface area contributed by atoms with Crippen molar-refractivity contribution in [3.63, 3.8) is 0 Å². The third kappa shape index (κ3) is 5.15. The smallest absolute Gasteiger partial charge is 0.252 e. The molecule has 3 nitrogen and oxygen atoms in total. The lowest BCUT2D eigenvalue weighted by Gasteiger charge is -2.06. The maximum Gasteiger partial charge on any atom is 0.252 e. The number of hydrogen-bond donors (Lipinski definition) is 2. The number of rotatable bonds is 6. The van der Waals surface area contributed by atoms with Gasteiger partial charge in [-0.2, -0.15) is 0 Å². The van der Waals surface area contributed by atoms with Gasteiger partial charge in [-0.25, -0.2) is 0 Å². The van der Waals surface area contributed by atoms with E-state index in [2.05, 4.69) is 5.32 Å². The molecule has 0 radical (unpaired) electrons. The summed E-state index contributed by atoms with van der Waals surface area (Å²) in [6, 6.07) is 6.98. The van der Waals surface area contributed by atoms with Crippen molar-refractivity contribution in [2.75, 3.05) is 6.54 Å². The van der Waals surface area contributed by atoms with Crippen LogP contribution in [0.5, 0.6) is 0 Å². The van der Waals surface area contributed by atoms with Crippen LogP contribution < -0.4 is 11.1 Å². The van der Waals surface area contributed by atoms with Gasteiger partial charge in [0.25, 0.3) is 5.91 Å². The average Bonchev–Trinajstić information content (AvgIpc) is 2.28. The highest BCUT2D eigenvalue weighted by Crippen LogP contribution is 2.14. The van der Waals surface area contributed by atoms with Gasteiger partial charge in [0.05, 0.1) is 15.6 Å². The van der Waals surface area contributed by atoms with E-state index in [9.17, 15) is 4.79 Å². The molecule has 17 heavy (non-hydrogen) atoms. The van der Waals surface area contributed by atoms with Gasteiger partial charge in [0.2, 0.25) is 0 Å². The zero-order chi connectivity index (χ0) is 12.7. The molecule has 0 heterocycles. The maximum atomic E-state index is 11.7. The number of unbranched alkanes of at least 4 members (excludes halogenated alkanes) is 1. The Kier molecular flexibility index (Phi) is 5.94. The largest absolute Gasteiger partial charge is 0.393 e. The van der Waals surface area contributed by atoms with Crippen LogP contribution in [0.1, 0.15) is 29.6 Å². The summed E-state index contributed by atoms with van der Waals surface area (Å²) in [5, 5.41) is 3.27. The molecule has 0 aromatic heterocycles. The normalized spacial score (nSPS) is 9.94. The molecule has 1 aromatic carbocycles. The molecular formula is C12H15ClN2OS. The van der Waals surface area contributed by atoms with Crippen molar-refractivity contribution < 1.29 is 4.79 Å². The van der Waals surface area contributed by atoms with Crippen LogP contribution >= 0.6 is 23.8 Å². The molecule has 0 saturated heterocycles. The molecule has 0 spiro atoms. The highest BCUT2D eigenvalue weighted by molar-refractivity contribution is 7.80. The molecular weight excluding hydrogens is 256 g/mol. The molecule has 0 fully saturated rings. The van der Waals surface area contributed by atoms with Gasteiger partial charge in [0.1, 0.15) is 0 Å². The number of carbonyl (C=O) groups is 1. The number of nitrogens with two attached hydrogens (primary N) is 1. The van der Waals surface area contributed by atoms with Crippen molar-refractivity contribution in [3.05, 3.63) is 34.9 Å². The van der Waals surface area contributed by atoms with Crippen LogP contribution in [-0.4, -0.2) is 17.4 Å². The van der Waals surface area contributed by atoms with Crippen molar-refractivity contribution in [1.82, 2.24) is 5.32 Å². The average molecular weight is 271 g/mol. The Morgan fingerprint density at radius 2 is 2.06 bits per heavy atom. The quantitative estimate of drug-likeness (QED) is 0.617. The molecule has 0 unspecified atom stereocenters. The van der Waals surface area contributed by atoms with Crippen LogP contribution in [0.25, 0.3) is 0 Å². The summed E-state index contributed by atoms with van der Waals surface area (Å²) in [6.45, 7) is 0.604. The van der Waals surface area contributed by atoms with E-state index in [0.717, 1.165) is 19.3 Å². The van der Waals surface area contributed by atoms with Gasteiger partial charge >= 0.3 is 0 Å². The second-order valence-electron chi connectivity index (χ2n) is 3.66. The molecule has 0 aliphatic rings. The lowest BCUT2D eigenvalue weighted by atomic mass is 10.2. The molecule has 92 valence electrons. The Bertz CT molecular complexity index is 409. The van der Waals surface area contributed by atoms with E-state index in [0.29, 0.717) is 22.1 Å². The Morgan fingerprint density at radius 1 is 1.35 bits per heavy atom. The molecule has 0 bridgehead atoms. The molecule has 1 rings (SSSR count). The Hall–Kier alpha value is -1.13. The summed E-state index contributed by atoms with van der Waals surface area (Å²) in [7, 11) is 0. The summed E-state index contributed by atoms with van der Waals surface area (Å²) in [6.07, 6.45) is 2.46. The molecule has 0 saturated carbocycles. The fraction of sp³-hybridized carbons (Fsp3) is 0.333. The maximum absolute atomic E-state index is 11.7. The zero-order valence-electron chi connectivity index (χ0n) is 9.41. The van der Waals surface area contributed by atoms with E-state index in [4.69, 9.17) is 29.6 Å². The monoisotopic (exact) mass is 270 g/mol. The van der Waals surface area contributed by atoms with E-state index >= 15 is 0 Å². The molecule has 1 amide bonds. The first-order valence-corrected chi connectivity index (χ1v) is 6.21. The number of benzene rings is 1. The summed E-state index contributed by atoms with van der Waals surface area (Å²) in [4.78, 5) is 12.2. The van der Waals surface area contributed by atoms with Crippen LogP contribution in [0.4, 0.5) is 0 Å². The molecule has 0 aliphatic heterocycles. The van der Waals surface area contributed by atoms with Gasteiger partial charge in [-0.05, 0) is 31.4 Å². The fourth-order valence-electron chi connectivity index (χ4n) is 1.37. The third-order valence-electron chi connectivity index (χ3n) is 2.25. The van der Waals surface area contributed by atoms with Crippen LogP contribution in [0.2, 0.25) is 5.02 Å². The first-order chi connectivity index (χ1) is 8.11. The Balaban J connectivity index is 2.31. The third-order valence-corrected chi connectivity index (χ3v) is 2.79. The standard InChI is InChI=1S/C12H15ClN2OS/c13-10-6-2-1-5-9(10)12(16)15-8-4-3-7-11(14)17/h1-2,5-6H,3-4,7-8H2,(H2,14,17)(H,15,16). The topological polar surface area (TPSA) is 55.1 Å². The van der Waals surface area contributed by atoms with Crippen LogP contribution in [0.3, 0.4) is 0 Å². The fourth-order valence-corrected chi connectivity index (χ4v) is 1.73. The van der Waals surface area contributed by atoms with E-state index in [-0.39, 0.29) is 5.91 Å². The van der Waals surface area contributed by atoms with Crippen LogP contribution in [0.15, 0.2) is 24.3 Å². The van der Waals surface area contributed by atoms with E-state index in [1.807, 2.05) is 0 Å². The summed E-state index contributed by atoms with van der Waals surface area (Å²) in [5.74, 6) is -0.147. The van der Waals surface area contributed by atoms with Crippen molar-refractivity contribution >= 4 is 34.7 Å². The highest BCUT2D eigenvalue weighted by Gasteiger charge is 2.07. The number of thiocarbonyl (C=S) groups is 1. The summed E-state index contributed by atoms with van der Waals surface area (Å²) >= 11 is 10.7. The predicted octanol–water partition coefficient (Wildman–Crippen LogP) is 2.53. The second-order valence-corrected chi connectivity index (χ2v) is 4.59. The van der Waals surface area contributed by atoms with Gasteiger partial charge in [-0.1, -0.05) is 36.0 Å². The Morgan fingerprint density at radius 3 is 2.71 bits per heavy atom. The first kappa shape index (κ1) is 13.9. The second kappa shape index (κ2) is 7.25. The van der Waals surface area contributed by atoms with Crippen molar-refractivity contribution in [2.24, 2.45) is 5.73 Å². The summed E-state index contributed by atoms with van der Waals surface area (Å²) in [5.41, 5.74) is 5.88. The van der Waals surface area contributed by atoms with E-state index < -0.39 is 0 Å². The number of nitrogens with one attached hydrogen (secondary N) is 1. The molecule has 1 aromatic rings. The summed E-state index contributed by atoms with van der Waals surface area (Å²) < 4.78 is 0. The number of carbonyl (C=O) groups excluding carboxylic acids is 1. The minimum absolute atomic E-state index is 0.147. The predicted molar refractivity (Wildman–Crippen MR) is 74.4 cm³/mol. The highest BCUT2D eigenvalue weighted by atomic mass is 35.5. The van der Waals surface area contributed by atoms with Gasteiger partial charge in [-0.3, -0.25) is 4.79 Å². The van der Waals surface area contributed by atoms with Crippen molar-refractivity contribution in [2.45, 2.75) is 19.3 Å². The van der Waals surface area contributed by atoms with Gasteiger partial charge in [0.15, 0.2) is 0 Å². The molecule has 5 heteroatoms.